The molecule has 4 unspecified atom stereocenters. The first-order valence-corrected chi connectivity index (χ1v) is 14.2. The van der Waals surface area contributed by atoms with Gasteiger partial charge in [-0.15, -0.1) is 23.5 Å². The number of thioether (sulfide) groups is 2. The normalized spacial score (nSPS) is 27.1. The lowest BCUT2D eigenvalue weighted by Gasteiger charge is -2.27. The van der Waals surface area contributed by atoms with Gasteiger partial charge in [0, 0.05) is 55.4 Å². The fourth-order valence-electron chi connectivity index (χ4n) is 5.55. The summed E-state index contributed by atoms with van der Waals surface area (Å²) in [6.45, 7) is 6.28. The first-order valence-electron chi connectivity index (χ1n) is 12.1. The fourth-order valence-corrected chi connectivity index (χ4v) is 8.47. The van der Waals surface area contributed by atoms with Crippen molar-refractivity contribution in [2.75, 3.05) is 47.6 Å². The largest absolute Gasteiger partial charge is 0.416 e. The Kier molecular flexibility index (Phi) is 7.33. The van der Waals surface area contributed by atoms with Crippen LogP contribution < -0.4 is 15.4 Å². The Bertz CT molecular complexity index is 1060. The molecule has 190 valence electrons. The van der Waals surface area contributed by atoms with Gasteiger partial charge < -0.3 is 19.7 Å². The van der Waals surface area contributed by atoms with Gasteiger partial charge in [0.25, 0.3) is 0 Å². The molecule has 1 aromatic carbocycles. The maximum Gasteiger partial charge on any atom is 0.416 e. The summed E-state index contributed by atoms with van der Waals surface area (Å²) in [6.07, 6.45) is -0.355. The maximum atomic E-state index is 12.9. The van der Waals surface area contributed by atoms with E-state index in [0.717, 1.165) is 62.0 Å². The zero-order valence-corrected chi connectivity index (χ0v) is 21.3. The molecule has 3 aliphatic heterocycles. The number of aromatic amines is 1. The molecule has 5 rings (SSSR count). The summed E-state index contributed by atoms with van der Waals surface area (Å²) in [6, 6.07) is 10.0. The molecule has 3 fully saturated rings. The highest BCUT2D eigenvalue weighted by Gasteiger charge is 2.41. The third-order valence-electron chi connectivity index (χ3n) is 7.40. The number of rotatable bonds is 7. The molecule has 4 heterocycles. The molecule has 0 saturated carbocycles. The van der Waals surface area contributed by atoms with E-state index < -0.39 is 11.7 Å². The van der Waals surface area contributed by atoms with Crippen molar-refractivity contribution in [3.8, 4) is 0 Å². The van der Waals surface area contributed by atoms with Gasteiger partial charge in [0.2, 0.25) is 5.56 Å². The standard InChI is InChI=1S/C25H31F3N4OS2/c1-17-24(35-16-32(17)21-7-9-29-23(33)13-21)34-12-2-10-30-14-18-8-11-31(22(18)15-30)20-5-3-19(4-6-20)25(26,27)28/h3-7,9,13,17-18,22,24H,2,8,10-12,14-16H2,1H3,(H,29,33). The van der Waals surface area contributed by atoms with E-state index in [0.29, 0.717) is 22.6 Å². The quantitative estimate of drug-likeness (QED) is 0.517. The first kappa shape index (κ1) is 24.9. The highest BCUT2D eigenvalue weighted by atomic mass is 32.2. The van der Waals surface area contributed by atoms with Crippen LogP contribution >= 0.6 is 23.5 Å². The van der Waals surface area contributed by atoms with Gasteiger partial charge in [0.05, 0.1) is 16.0 Å². The Morgan fingerprint density at radius 2 is 1.91 bits per heavy atom. The molecule has 1 aromatic heterocycles. The Labute approximate surface area is 212 Å². The summed E-state index contributed by atoms with van der Waals surface area (Å²) in [5.74, 6) is 2.59. The average Bonchev–Trinajstić information content (AvgIpc) is 3.51. The third-order valence-corrected chi connectivity index (χ3v) is 10.6. The van der Waals surface area contributed by atoms with Crippen LogP contribution in [-0.4, -0.2) is 64.4 Å². The Morgan fingerprint density at radius 1 is 1.11 bits per heavy atom. The molecule has 0 aliphatic carbocycles. The molecule has 2 aromatic rings. The van der Waals surface area contributed by atoms with E-state index in [9.17, 15) is 18.0 Å². The molecule has 5 nitrogen and oxygen atoms in total. The number of likely N-dealkylation sites (tertiary alicyclic amines) is 1. The van der Waals surface area contributed by atoms with Gasteiger partial charge in [-0.3, -0.25) is 4.79 Å². The van der Waals surface area contributed by atoms with Crippen LogP contribution in [0.3, 0.4) is 0 Å². The minimum absolute atomic E-state index is 0.0666. The van der Waals surface area contributed by atoms with E-state index in [1.54, 1.807) is 24.4 Å². The van der Waals surface area contributed by atoms with E-state index in [1.807, 2.05) is 29.6 Å². The summed E-state index contributed by atoms with van der Waals surface area (Å²) in [5, 5.41) is 0. The van der Waals surface area contributed by atoms with Gasteiger partial charge in [-0.25, -0.2) is 0 Å². The van der Waals surface area contributed by atoms with Gasteiger partial charge in [0.1, 0.15) is 0 Å². The van der Waals surface area contributed by atoms with Crippen LogP contribution in [0.5, 0.6) is 0 Å². The number of aromatic nitrogens is 1. The molecule has 3 aliphatic rings. The smallest absolute Gasteiger partial charge is 0.367 e. The van der Waals surface area contributed by atoms with Crippen molar-refractivity contribution in [1.82, 2.24) is 9.88 Å². The summed E-state index contributed by atoms with van der Waals surface area (Å²) < 4.78 is 39.2. The Balaban J connectivity index is 1.07. The molecule has 10 heteroatoms. The predicted octanol–water partition coefficient (Wildman–Crippen LogP) is 4.95. The lowest BCUT2D eigenvalue weighted by molar-refractivity contribution is -0.137. The van der Waals surface area contributed by atoms with E-state index in [2.05, 4.69) is 26.6 Å². The third kappa shape index (κ3) is 5.49. The van der Waals surface area contributed by atoms with Crippen molar-refractivity contribution < 1.29 is 13.2 Å². The number of alkyl halides is 3. The number of hydrogen-bond donors (Lipinski definition) is 1. The first-order chi connectivity index (χ1) is 16.8. The predicted molar refractivity (Wildman–Crippen MR) is 139 cm³/mol. The van der Waals surface area contributed by atoms with Gasteiger partial charge in [-0.2, -0.15) is 13.2 Å². The topological polar surface area (TPSA) is 42.6 Å². The fraction of sp³-hybridized carbons (Fsp3) is 0.560. The van der Waals surface area contributed by atoms with E-state index in [4.69, 9.17) is 0 Å². The van der Waals surface area contributed by atoms with Crippen LogP contribution in [0, 0.1) is 5.92 Å². The summed E-state index contributed by atoms with van der Waals surface area (Å²) in [4.78, 5) is 21.5. The van der Waals surface area contributed by atoms with Crippen molar-refractivity contribution in [1.29, 1.82) is 0 Å². The van der Waals surface area contributed by atoms with Crippen molar-refractivity contribution in [2.45, 2.75) is 42.6 Å². The lowest BCUT2D eigenvalue weighted by atomic mass is 10.0. The Hall–Kier alpha value is -1.78. The molecule has 0 bridgehead atoms. The molecule has 4 atom stereocenters. The number of hydrogen-bond acceptors (Lipinski definition) is 6. The van der Waals surface area contributed by atoms with Crippen LogP contribution in [-0.2, 0) is 6.18 Å². The number of nitrogens with one attached hydrogen (secondary N) is 1. The molecule has 0 spiro atoms. The van der Waals surface area contributed by atoms with Gasteiger partial charge in [-0.05, 0) is 68.3 Å². The average molecular weight is 525 g/mol. The number of halogens is 3. The van der Waals surface area contributed by atoms with E-state index in [1.165, 1.54) is 12.1 Å². The van der Waals surface area contributed by atoms with Crippen LogP contribution in [0.25, 0.3) is 0 Å². The van der Waals surface area contributed by atoms with Crippen LogP contribution in [0.4, 0.5) is 24.5 Å². The Morgan fingerprint density at radius 3 is 2.66 bits per heavy atom. The number of fused-ring (bicyclic) bond motifs is 1. The van der Waals surface area contributed by atoms with Crippen LogP contribution in [0.1, 0.15) is 25.3 Å². The van der Waals surface area contributed by atoms with Gasteiger partial charge >= 0.3 is 6.18 Å². The summed E-state index contributed by atoms with van der Waals surface area (Å²) in [7, 11) is 0. The zero-order valence-electron chi connectivity index (χ0n) is 19.7. The number of pyridine rings is 1. The minimum Gasteiger partial charge on any atom is -0.367 e. The molecule has 0 radical (unpaired) electrons. The second-order valence-corrected chi connectivity index (χ2v) is 12.3. The van der Waals surface area contributed by atoms with Crippen LogP contribution in [0.15, 0.2) is 47.4 Å². The molecular weight excluding hydrogens is 493 g/mol. The van der Waals surface area contributed by atoms with E-state index >= 15 is 0 Å². The zero-order chi connectivity index (χ0) is 24.6. The SMILES string of the molecule is CC1C(SCCCN2CC3CCN(c4ccc(C(F)(F)F)cc4)C3C2)SCN1c1cc[nH]c(=O)c1. The second-order valence-electron chi connectivity index (χ2n) is 9.62. The van der Waals surface area contributed by atoms with Gasteiger partial charge in [-0.1, -0.05) is 0 Å². The maximum absolute atomic E-state index is 12.9. The number of nitrogens with zero attached hydrogens (tertiary/aromatic N) is 3. The second kappa shape index (κ2) is 10.3. The highest BCUT2D eigenvalue weighted by Crippen LogP contribution is 2.40. The monoisotopic (exact) mass is 524 g/mol. The van der Waals surface area contributed by atoms with Crippen molar-refractivity contribution >= 4 is 34.9 Å². The molecular formula is C25H31F3N4OS2. The van der Waals surface area contributed by atoms with Crippen molar-refractivity contribution in [3.63, 3.8) is 0 Å². The highest BCUT2D eigenvalue weighted by molar-refractivity contribution is 8.17. The summed E-state index contributed by atoms with van der Waals surface area (Å²) in [5.41, 5.74) is 1.24. The molecule has 3 saturated heterocycles. The van der Waals surface area contributed by atoms with Gasteiger partial charge in [0.15, 0.2) is 0 Å². The lowest BCUT2D eigenvalue weighted by Crippen LogP contribution is -2.35. The molecule has 35 heavy (non-hydrogen) atoms. The number of anilines is 2. The molecule has 0 amide bonds. The number of H-pyrrole nitrogens is 1. The number of benzene rings is 1. The van der Waals surface area contributed by atoms with Crippen molar-refractivity contribution in [2.24, 2.45) is 5.92 Å². The van der Waals surface area contributed by atoms with E-state index in [-0.39, 0.29) is 5.56 Å². The van der Waals surface area contributed by atoms with Crippen LogP contribution in [0.2, 0.25) is 0 Å². The molecule has 1 N–H and O–H groups in total. The summed E-state index contributed by atoms with van der Waals surface area (Å²) >= 11 is 3.95. The van der Waals surface area contributed by atoms with Crippen molar-refractivity contribution in [3.05, 3.63) is 58.5 Å². The minimum atomic E-state index is -4.29.